The molecule has 4 rings (SSSR count). The Hall–Kier alpha value is -3.99. The highest BCUT2D eigenvalue weighted by Crippen LogP contribution is 2.29. The number of carbonyl (C=O) groups excluding carboxylic acids is 2. The van der Waals surface area contributed by atoms with Gasteiger partial charge in [0, 0.05) is 25.2 Å². The summed E-state index contributed by atoms with van der Waals surface area (Å²) in [6.45, 7) is 1.35. The summed E-state index contributed by atoms with van der Waals surface area (Å²) < 4.78 is 6.36. The first-order valence-corrected chi connectivity index (χ1v) is 10.6. The number of hydrogen-bond donors (Lipinski definition) is 2. The first-order chi connectivity index (χ1) is 15.5. The quantitative estimate of drug-likeness (QED) is 0.412. The van der Waals surface area contributed by atoms with Crippen LogP contribution in [0.1, 0.15) is 6.92 Å². The number of amides is 2. The maximum atomic E-state index is 12.6. The van der Waals surface area contributed by atoms with Crippen LogP contribution in [0.5, 0.6) is 0 Å². The fraction of sp³-hybridized carbons (Fsp3) is 0.143. The van der Waals surface area contributed by atoms with E-state index >= 15 is 0 Å². The SMILES string of the molecule is CC(=O)Nc1nonc1-c1nnc(SCC(=O)Nc2ccccc2-c2ccccc2)n1C. The summed E-state index contributed by atoms with van der Waals surface area (Å²) in [5, 5.41) is 21.6. The van der Waals surface area contributed by atoms with Crippen LogP contribution in [0, 0.1) is 0 Å². The van der Waals surface area contributed by atoms with Crippen molar-refractivity contribution in [3.05, 3.63) is 54.6 Å². The molecule has 2 heterocycles. The van der Waals surface area contributed by atoms with Gasteiger partial charge in [-0.1, -0.05) is 60.3 Å². The van der Waals surface area contributed by atoms with E-state index in [0.29, 0.717) is 11.0 Å². The molecule has 10 nitrogen and oxygen atoms in total. The zero-order valence-electron chi connectivity index (χ0n) is 17.3. The Bertz CT molecular complexity index is 1250. The normalized spacial score (nSPS) is 10.7. The zero-order valence-corrected chi connectivity index (χ0v) is 18.1. The number of carbonyl (C=O) groups is 2. The summed E-state index contributed by atoms with van der Waals surface area (Å²) >= 11 is 1.23. The third-order valence-corrected chi connectivity index (χ3v) is 5.47. The summed E-state index contributed by atoms with van der Waals surface area (Å²) in [6.07, 6.45) is 0. The Kier molecular flexibility index (Phi) is 6.26. The van der Waals surface area contributed by atoms with Crippen LogP contribution in [0.2, 0.25) is 0 Å². The minimum absolute atomic E-state index is 0.130. The third-order valence-electron chi connectivity index (χ3n) is 4.45. The molecular weight excluding hydrogens is 430 g/mol. The maximum Gasteiger partial charge on any atom is 0.234 e. The standard InChI is InChI=1S/C21H19N7O3S/c1-13(29)22-19-18(26-31-27-19)20-24-25-21(28(20)2)32-12-17(30)23-16-11-7-6-10-15(16)14-8-4-3-5-9-14/h3-11H,12H2,1-2H3,(H,23,30)(H,22,27,29). The molecule has 0 aliphatic carbocycles. The summed E-state index contributed by atoms with van der Waals surface area (Å²) in [5.41, 5.74) is 2.95. The molecule has 0 fully saturated rings. The lowest BCUT2D eigenvalue weighted by Crippen LogP contribution is -2.15. The van der Waals surface area contributed by atoms with E-state index in [1.807, 2.05) is 54.6 Å². The Balaban J connectivity index is 1.44. The molecule has 162 valence electrons. The minimum atomic E-state index is -0.314. The van der Waals surface area contributed by atoms with Crippen molar-refractivity contribution in [3.63, 3.8) is 0 Å². The second-order valence-electron chi connectivity index (χ2n) is 6.76. The van der Waals surface area contributed by atoms with E-state index in [1.54, 1.807) is 11.6 Å². The highest BCUT2D eigenvalue weighted by molar-refractivity contribution is 7.99. The Morgan fingerprint density at radius 2 is 1.75 bits per heavy atom. The molecule has 2 N–H and O–H groups in total. The average molecular weight is 449 g/mol. The molecule has 0 atom stereocenters. The highest BCUT2D eigenvalue weighted by Gasteiger charge is 2.21. The molecule has 0 radical (unpaired) electrons. The highest BCUT2D eigenvalue weighted by atomic mass is 32.2. The van der Waals surface area contributed by atoms with Crippen LogP contribution in [0.25, 0.3) is 22.6 Å². The molecule has 11 heteroatoms. The molecule has 2 aromatic carbocycles. The lowest BCUT2D eigenvalue weighted by Gasteiger charge is -2.11. The van der Waals surface area contributed by atoms with Crippen molar-refractivity contribution in [3.8, 4) is 22.6 Å². The predicted octanol–water partition coefficient (Wildman–Crippen LogP) is 3.22. The van der Waals surface area contributed by atoms with Crippen molar-refractivity contribution in [2.24, 2.45) is 7.05 Å². The summed E-state index contributed by atoms with van der Waals surface area (Å²) in [6, 6.07) is 17.5. The molecule has 32 heavy (non-hydrogen) atoms. The molecule has 0 aliphatic rings. The van der Waals surface area contributed by atoms with E-state index in [0.717, 1.165) is 16.8 Å². The number of para-hydroxylation sites is 1. The van der Waals surface area contributed by atoms with E-state index in [9.17, 15) is 9.59 Å². The molecule has 0 spiro atoms. The van der Waals surface area contributed by atoms with Gasteiger partial charge in [0.1, 0.15) is 0 Å². The molecule has 0 saturated carbocycles. The summed E-state index contributed by atoms with van der Waals surface area (Å²) in [4.78, 5) is 23.9. The topological polar surface area (TPSA) is 128 Å². The van der Waals surface area contributed by atoms with E-state index in [1.165, 1.54) is 18.7 Å². The Labute approximate surface area is 187 Å². The van der Waals surface area contributed by atoms with Gasteiger partial charge in [-0.15, -0.1) is 10.2 Å². The zero-order chi connectivity index (χ0) is 22.5. The fourth-order valence-corrected chi connectivity index (χ4v) is 3.72. The van der Waals surface area contributed by atoms with Crippen LogP contribution < -0.4 is 10.6 Å². The van der Waals surface area contributed by atoms with Crippen LogP contribution in [0.3, 0.4) is 0 Å². The lowest BCUT2D eigenvalue weighted by atomic mass is 10.0. The van der Waals surface area contributed by atoms with Gasteiger partial charge in [-0.25, -0.2) is 4.63 Å². The second-order valence-corrected chi connectivity index (χ2v) is 7.70. The molecule has 4 aromatic rings. The first kappa shape index (κ1) is 21.2. The van der Waals surface area contributed by atoms with Crippen molar-refractivity contribution in [1.82, 2.24) is 25.1 Å². The summed E-state index contributed by atoms with van der Waals surface area (Å²) in [5.74, 6) is 0.147. The maximum absolute atomic E-state index is 12.6. The molecule has 2 aromatic heterocycles. The van der Waals surface area contributed by atoms with Crippen LogP contribution in [0.4, 0.5) is 11.5 Å². The van der Waals surface area contributed by atoms with Gasteiger partial charge < -0.3 is 15.2 Å². The number of hydrogen-bond acceptors (Lipinski definition) is 8. The minimum Gasteiger partial charge on any atom is -0.325 e. The number of thioether (sulfide) groups is 1. The molecule has 0 saturated heterocycles. The second kappa shape index (κ2) is 9.43. The van der Waals surface area contributed by atoms with Gasteiger partial charge >= 0.3 is 0 Å². The molecule has 0 unspecified atom stereocenters. The number of anilines is 2. The number of nitrogens with one attached hydrogen (secondary N) is 2. The molecule has 2 amide bonds. The Morgan fingerprint density at radius 3 is 2.53 bits per heavy atom. The van der Waals surface area contributed by atoms with Crippen molar-refractivity contribution < 1.29 is 14.2 Å². The first-order valence-electron chi connectivity index (χ1n) is 9.60. The monoisotopic (exact) mass is 449 g/mol. The van der Waals surface area contributed by atoms with Crippen LogP contribution in [0.15, 0.2) is 64.4 Å². The average Bonchev–Trinajstić information content (AvgIpc) is 3.38. The molecule has 0 bridgehead atoms. The van der Waals surface area contributed by atoms with Crippen LogP contribution in [-0.2, 0) is 16.6 Å². The predicted molar refractivity (Wildman–Crippen MR) is 120 cm³/mol. The van der Waals surface area contributed by atoms with Crippen molar-refractivity contribution in [2.75, 3.05) is 16.4 Å². The smallest absolute Gasteiger partial charge is 0.234 e. The largest absolute Gasteiger partial charge is 0.325 e. The van der Waals surface area contributed by atoms with Crippen molar-refractivity contribution in [1.29, 1.82) is 0 Å². The van der Waals surface area contributed by atoms with Gasteiger partial charge in [0.05, 0.1) is 5.75 Å². The lowest BCUT2D eigenvalue weighted by molar-refractivity contribution is -0.114. The van der Waals surface area contributed by atoms with Gasteiger partial charge in [0.15, 0.2) is 16.7 Å². The van der Waals surface area contributed by atoms with Gasteiger partial charge in [-0.3, -0.25) is 9.59 Å². The van der Waals surface area contributed by atoms with Gasteiger partial charge in [-0.2, -0.15) is 0 Å². The van der Waals surface area contributed by atoms with E-state index < -0.39 is 0 Å². The summed E-state index contributed by atoms with van der Waals surface area (Å²) in [7, 11) is 1.73. The van der Waals surface area contributed by atoms with Crippen LogP contribution in [-0.4, -0.2) is 42.6 Å². The number of rotatable bonds is 7. The van der Waals surface area contributed by atoms with E-state index in [-0.39, 0.29) is 29.1 Å². The molecule has 0 aliphatic heterocycles. The number of aromatic nitrogens is 5. The van der Waals surface area contributed by atoms with Crippen molar-refractivity contribution in [2.45, 2.75) is 12.1 Å². The number of nitrogens with zero attached hydrogens (tertiary/aromatic N) is 5. The van der Waals surface area contributed by atoms with Gasteiger partial charge in [0.2, 0.25) is 17.6 Å². The van der Waals surface area contributed by atoms with Gasteiger partial charge in [0.25, 0.3) is 0 Å². The van der Waals surface area contributed by atoms with Crippen molar-refractivity contribution >= 4 is 35.1 Å². The molecular formula is C21H19N7O3S. The Morgan fingerprint density at radius 1 is 1.00 bits per heavy atom. The van der Waals surface area contributed by atoms with E-state index in [4.69, 9.17) is 4.63 Å². The number of benzene rings is 2. The van der Waals surface area contributed by atoms with E-state index in [2.05, 4.69) is 31.1 Å². The fourth-order valence-electron chi connectivity index (χ4n) is 3.01. The third kappa shape index (κ3) is 4.67. The van der Waals surface area contributed by atoms with Crippen LogP contribution >= 0.6 is 11.8 Å². The van der Waals surface area contributed by atoms with Gasteiger partial charge in [-0.05, 0) is 21.9 Å².